The fourth-order valence-corrected chi connectivity index (χ4v) is 2.44. The molecule has 15 heavy (non-hydrogen) atoms. The molecule has 1 heterocycles. The Labute approximate surface area is 89.2 Å². The highest BCUT2D eigenvalue weighted by Crippen LogP contribution is 2.16. The molecule has 0 saturated carbocycles. The number of carbonyl (C=O) groups is 1. The lowest BCUT2D eigenvalue weighted by molar-refractivity contribution is -0.148. The summed E-state index contributed by atoms with van der Waals surface area (Å²) in [6.07, 6.45) is 0.241. The number of rotatable bonds is 3. The number of carbonyl (C=O) groups excluding carboxylic acids is 1. The summed E-state index contributed by atoms with van der Waals surface area (Å²) in [6, 6.07) is 0. The molecule has 1 saturated heterocycles. The Balaban J connectivity index is 2.60. The van der Waals surface area contributed by atoms with Gasteiger partial charge in [-0.1, -0.05) is 0 Å². The first kappa shape index (κ1) is 12.4. The van der Waals surface area contributed by atoms with Crippen molar-refractivity contribution in [1.29, 1.82) is 0 Å². The molecule has 0 aromatic carbocycles. The third kappa shape index (κ3) is 3.44. The molecule has 88 valence electrons. The van der Waals surface area contributed by atoms with Crippen LogP contribution in [0.2, 0.25) is 0 Å². The van der Waals surface area contributed by atoms with Crippen LogP contribution in [0.25, 0.3) is 0 Å². The monoisotopic (exact) mass is 236 g/mol. The van der Waals surface area contributed by atoms with Crippen LogP contribution in [0.4, 0.5) is 0 Å². The van der Waals surface area contributed by atoms with E-state index in [-0.39, 0.29) is 12.4 Å². The lowest BCUT2D eigenvalue weighted by Gasteiger charge is -2.26. The minimum Gasteiger partial charge on any atom is -0.466 e. The Bertz CT molecular complexity index is 328. The van der Waals surface area contributed by atoms with Crippen LogP contribution in [-0.2, 0) is 19.6 Å². The maximum atomic E-state index is 11.4. The maximum Gasteiger partial charge on any atom is 0.310 e. The van der Waals surface area contributed by atoms with Gasteiger partial charge in [0.2, 0.25) is 10.0 Å². The van der Waals surface area contributed by atoms with Crippen molar-refractivity contribution in [2.45, 2.75) is 18.6 Å². The van der Waals surface area contributed by atoms with Crippen LogP contribution in [0.1, 0.15) is 13.3 Å². The predicted molar refractivity (Wildman–Crippen MR) is 54.5 cm³/mol. The predicted octanol–water partition coefficient (Wildman–Crippen LogP) is -1.18. The van der Waals surface area contributed by atoms with Crippen molar-refractivity contribution in [3.05, 3.63) is 0 Å². The zero-order valence-electron chi connectivity index (χ0n) is 8.60. The van der Waals surface area contributed by atoms with Gasteiger partial charge in [0.05, 0.1) is 17.8 Å². The van der Waals surface area contributed by atoms with Crippen LogP contribution < -0.4 is 10.5 Å². The van der Waals surface area contributed by atoms with Crippen LogP contribution in [-0.4, -0.2) is 39.3 Å². The van der Waals surface area contributed by atoms with E-state index in [0.717, 1.165) is 0 Å². The second kappa shape index (κ2) is 4.91. The molecule has 0 aliphatic carbocycles. The van der Waals surface area contributed by atoms with Crippen molar-refractivity contribution in [2.75, 3.05) is 19.7 Å². The molecule has 1 aliphatic heterocycles. The molecule has 0 radical (unpaired) electrons. The lowest BCUT2D eigenvalue weighted by atomic mass is 10.00. The van der Waals surface area contributed by atoms with E-state index >= 15 is 0 Å². The molecule has 0 spiro atoms. The molecule has 0 bridgehead atoms. The van der Waals surface area contributed by atoms with E-state index in [1.54, 1.807) is 6.92 Å². The summed E-state index contributed by atoms with van der Waals surface area (Å²) in [5.41, 5.74) is 0. The van der Waals surface area contributed by atoms with Crippen LogP contribution in [0, 0.1) is 5.92 Å². The number of esters is 1. The standard InChI is InChI=1S/C8H16N2O4S/c1-2-14-8(11)6-3-7(5-10-4-6)15(9,12)13/h6-7,10H,2-5H2,1H3,(H2,9,12,13)/t6-,7?/m0/s1. The van der Waals surface area contributed by atoms with E-state index in [0.29, 0.717) is 19.7 Å². The first-order chi connectivity index (χ1) is 6.95. The molecule has 0 amide bonds. The van der Waals surface area contributed by atoms with Gasteiger partial charge in [-0.25, -0.2) is 13.6 Å². The highest BCUT2D eigenvalue weighted by Gasteiger charge is 2.33. The van der Waals surface area contributed by atoms with Crippen LogP contribution >= 0.6 is 0 Å². The third-order valence-electron chi connectivity index (χ3n) is 2.39. The fraction of sp³-hybridized carbons (Fsp3) is 0.875. The number of piperidine rings is 1. The van der Waals surface area contributed by atoms with Crippen LogP contribution in [0.15, 0.2) is 0 Å². The van der Waals surface area contributed by atoms with Gasteiger partial charge in [-0.2, -0.15) is 0 Å². The SMILES string of the molecule is CCOC(=O)[C@@H]1CNCC(S(N)(=O)=O)C1. The van der Waals surface area contributed by atoms with E-state index in [2.05, 4.69) is 5.32 Å². The minimum atomic E-state index is -3.58. The Kier molecular flexibility index (Phi) is 4.06. The van der Waals surface area contributed by atoms with E-state index in [4.69, 9.17) is 9.88 Å². The van der Waals surface area contributed by atoms with E-state index in [1.165, 1.54) is 0 Å². The van der Waals surface area contributed by atoms with Gasteiger partial charge in [-0.05, 0) is 13.3 Å². The molecule has 2 atom stereocenters. The van der Waals surface area contributed by atoms with Crippen LogP contribution in [0.3, 0.4) is 0 Å². The van der Waals surface area contributed by atoms with Gasteiger partial charge in [0.1, 0.15) is 0 Å². The average Bonchev–Trinajstić information content (AvgIpc) is 2.17. The molecule has 1 unspecified atom stereocenters. The number of nitrogens with one attached hydrogen (secondary N) is 1. The smallest absolute Gasteiger partial charge is 0.310 e. The molecule has 0 aromatic heterocycles. The molecular weight excluding hydrogens is 220 g/mol. The van der Waals surface area contributed by atoms with Crippen molar-refractivity contribution in [3.63, 3.8) is 0 Å². The summed E-state index contributed by atoms with van der Waals surface area (Å²) in [5, 5.41) is 7.20. The number of nitrogens with two attached hydrogens (primary N) is 1. The second-order valence-corrected chi connectivity index (χ2v) is 5.40. The topological polar surface area (TPSA) is 98.5 Å². The van der Waals surface area contributed by atoms with Gasteiger partial charge in [-0.15, -0.1) is 0 Å². The van der Waals surface area contributed by atoms with Crippen LogP contribution in [0.5, 0.6) is 0 Å². The summed E-state index contributed by atoms with van der Waals surface area (Å²) in [7, 11) is -3.58. The van der Waals surface area contributed by atoms with E-state index in [1.807, 2.05) is 0 Å². The van der Waals surface area contributed by atoms with Gasteiger partial charge in [-0.3, -0.25) is 4.79 Å². The lowest BCUT2D eigenvalue weighted by Crippen LogP contribution is -2.48. The molecular formula is C8H16N2O4S. The Morgan fingerprint density at radius 1 is 1.53 bits per heavy atom. The molecule has 7 heteroatoms. The number of sulfonamides is 1. The Morgan fingerprint density at radius 2 is 2.20 bits per heavy atom. The highest BCUT2D eigenvalue weighted by atomic mass is 32.2. The molecule has 1 fully saturated rings. The summed E-state index contributed by atoms with van der Waals surface area (Å²) in [6.45, 7) is 2.76. The number of hydrogen-bond acceptors (Lipinski definition) is 5. The van der Waals surface area contributed by atoms with Crippen molar-refractivity contribution in [2.24, 2.45) is 11.1 Å². The minimum absolute atomic E-state index is 0.241. The van der Waals surface area contributed by atoms with Crippen molar-refractivity contribution >= 4 is 16.0 Å². The normalized spacial score (nSPS) is 27.3. The summed E-state index contributed by atoms with van der Waals surface area (Å²) < 4.78 is 27.0. The molecule has 6 nitrogen and oxygen atoms in total. The van der Waals surface area contributed by atoms with E-state index in [9.17, 15) is 13.2 Å². The van der Waals surface area contributed by atoms with Gasteiger partial charge in [0.25, 0.3) is 0 Å². The van der Waals surface area contributed by atoms with Gasteiger partial charge in [0.15, 0.2) is 0 Å². The summed E-state index contributed by atoms with van der Waals surface area (Å²) >= 11 is 0. The van der Waals surface area contributed by atoms with Gasteiger partial charge >= 0.3 is 5.97 Å². The number of hydrogen-bond donors (Lipinski definition) is 2. The number of primary sulfonamides is 1. The van der Waals surface area contributed by atoms with Crippen molar-refractivity contribution < 1.29 is 17.9 Å². The fourth-order valence-electron chi connectivity index (χ4n) is 1.59. The van der Waals surface area contributed by atoms with Crippen molar-refractivity contribution in [3.8, 4) is 0 Å². The molecule has 1 aliphatic rings. The van der Waals surface area contributed by atoms with Gasteiger partial charge in [0, 0.05) is 13.1 Å². The summed E-state index contributed by atoms with van der Waals surface area (Å²) in [4.78, 5) is 11.4. The Hall–Kier alpha value is -0.660. The highest BCUT2D eigenvalue weighted by molar-refractivity contribution is 7.89. The first-order valence-electron chi connectivity index (χ1n) is 4.84. The zero-order chi connectivity index (χ0) is 11.5. The molecule has 0 aromatic rings. The molecule has 1 rings (SSSR count). The average molecular weight is 236 g/mol. The summed E-state index contributed by atoms with van der Waals surface area (Å²) in [5.74, 6) is -0.777. The zero-order valence-corrected chi connectivity index (χ0v) is 9.42. The largest absolute Gasteiger partial charge is 0.466 e. The second-order valence-electron chi connectivity index (χ2n) is 3.55. The van der Waals surface area contributed by atoms with Crippen molar-refractivity contribution in [1.82, 2.24) is 5.32 Å². The molecule has 3 N–H and O–H groups in total. The Morgan fingerprint density at radius 3 is 2.73 bits per heavy atom. The quantitative estimate of drug-likeness (QED) is 0.601. The van der Waals surface area contributed by atoms with E-state index < -0.39 is 21.2 Å². The third-order valence-corrected chi connectivity index (χ3v) is 3.68. The maximum absolute atomic E-state index is 11.4. The van der Waals surface area contributed by atoms with Gasteiger partial charge < -0.3 is 10.1 Å². The first-order valence-corrected chi connectivity index (χ1v) is 6.45. The number of ether oxygens (including phenoxy) is 1.